The lowest BCUT2D eigenvalue weighted by molar-refractivity contribution is 0.340. The molecule has 30 heavy (non-hydrogen) atoms. The van der Waals surface area contributed by atoms with E-state index in [0.29, 0.717) is 13.2 Å². The number of rotatable bonds is 13. The standard InChI is InChI=1S/C25H35ClO2Si2/c1-6-18-29(5,20-26)21-30(19-7-2,24-14-10-22(11-15-24)27-8-3)25-16-12-23(13-17-25)28-9-4/h6-7,10-17H,1-2,8-9,18-21H2,3-5H3. The van der Waals surface area contributed by atoms with E-state index < -0.39 is 16.1 Å². The molecule has 0 amide bonds. The van der Waals surface area contributed by atoms with Crippen molar-refractivity contribution in [3.05, 3.63) is 73.8 Å². The fourth-order valence-corrected chi connectivity index (χ4v) is 18.1. The van der Waals surface area contributed by atoms with E-state index in [1.807, 2.05) is 13.8 Å². The van der Waals surface area contributed by atoms with E-state index in [1.165, 1.54) is 10.4 Å². The van der Waals surface area contributed by atoms with Gasteiger partial charge in [0.1, 0.15) is 19.6 Å². The van der Waals surface area contributed by atoms with Gasteiger partial charge >= 0.3 is 0 Å². The summed E-state index contributed by atoms with van der Waals surface area (Å²) in [6.07, 6.45) is 4.15. The summed E-state index contributed by atoms with van der Waals surface area (Å²) in [5, 5.41) is 2.81. The van der Waals surface area contributed by atoms with Gasteiger partial charge in [-0.3, -0.25) is 0 Å². The predicted molar refractivity (Wildman–Crippen MR) is 137 cm³/mol. The van der Waals surface area contributed by atoms with Gasteiger partial charge < -0.3 is 9.47 Å². The van der Waals surface area contributed by atoms with Crippen LogP contribution in [0.4, 0.5) is 0 Å². The molecule has 0 radical (unpaired) electrons. The van der Waals surface area contributed by atoms with E-state index in [0.717, 1.165) is 34.8 Å². The van der Waals surface area contributed by atoms with E-state index in [-0.39, 0.29) is 0 Å². The normalized spacial score (nSPS) is 13.3. The smallest absolute Gasteiger partial charge is 0.119 e. The monoisotopic (exact) mass is 458 g/mol. The number of ether oxygens (including phenoxy) is 2. The van der Waals surface area contributed by atoms with Gasteiger partial charge in [-0.2, -0.15) is 0 Å². The highest BCUT2D eigenvalue weighted by molar-refractivity contribution is 7.11. The van der Waals surface area contributed by atoms with Crippen molar-refractivity contribution in [2.75, 3.05) is 18.7 Å². The van der Waals surface area contributed by atoms with Gasteiger partial charge in [0.2, 0.25) is 0 Å². The highest BCUT2D eigenvalue weighted by atomic mass is 35.5. The van der Waals surface area contributed by atoms with Crippen LogP contribution in [0.1, 0.15) is 13.8 Å². The summed E-state index contributed by atoms with van der Waals surface area (Å²) in [7, 11) is -3.85. The molecule has 0 bridgehead atoms. The first kappa shape index (κ1) is 24.5. The molecule has 5 heteroatoms. The fraction of sp³-hybridized carbons (Fsp3) is 0.360. The number of halogens is 1. The van der Waals surface area contributed by atoms with Crippen LogP contribution in [0.5, 0.6) is 11.5 Å². The minimum atomic E-state index is -2.13. The van der Waals surface area contributed by atoms with E-state index in [9.17, 15) is 0 Å². The van der Waals surface area contributed by atoms with Crippen LogP contribution < -0.4 is 19.8 Å². The maximum Gasteiger partial charge on any atom is 0.119 e. The Morgan fingerprint density at radius 2 is 1.23 bits per heavy atom. The molecule has 0 heterocycles. The lowest BCUT2D eigenvalue weighted by atomic mass is 10.3. The summed E-state index contributed by atoms with van der Waals surface area (Å²) in [5.74, 6) is 1.83. The summed E-state index contributed by atoms with van der Waals surface area (Å²) >= 11 is 6.57. The van der Waals surface area contributed by atoms with Gasteiger partial charge in [-0.1, -0.05) is 59.0 Å². The third-order valence-electron chi connectivity index (χ3n) is 5.62. The molecule has 1 atom stereocenters. The van der Waals surface area contributed by atoms with Crippen LogP contribution in [0.15, 0.2) is 73.8 Å². The SMILES string of the molecule is C=CC[Si](C)(CCl)C[Si](CC=C)(c1ccc(OCC)cc1)c1ccc(OCC)cc1. The second-order valence-electron chi connectivity index (χ2n) is 8.10. The molecule has 0 aromatic heterocycles. The van der Waals surface area contributed by atoms with Gasteiger partial charge in [0.05, 0.1) is 21.3 Å². The second kappa shape index (κ2) is 11.6. The maximum atomic E-state index is 6.57. The van der Waals surface area contributed by atoms with Gasteiger partial charge in [-0.25, -0.2) is 0 Å². The van der Waals surface area contributed by atoms with Crippen molar-refractivity contribution in [2.45, 2.75) is 38.2 Å². The molecule has 0 saturated carbocycles. The number of allylic oxidation sites excluding steroid dienone is 2. The Morgan fingerprint density at radius 1 is 0.800 bits per heavy atom. The van der Waals surface area contributed by atoms with Crippen molar-refractivity contribution >= 4 is 38.1 Å². The molecule has 0 saturated heterocycles. The van der Waals surface area contributed by atoms with Crippen LogP contribution in [0.2, 0.25) is 24.3 Å². The highest BCUT2D eigenvalue weighted by Crippen LogP contribution is 2.29. The van der Waals surface area contributed by atoms with E-state index >= 15 is 0 Å². The van der Waals surface area contributed by atoms with Gasteiger partial charge in [0.25, 0.3) is 0 Å². The van der Waals surface area contributed by atoms with Crippen LogP contribution in [0, 0.1) is 0 Å². The zero-order valence-electron chi connectivity index (χ0n) is 18.6. The average molecular weight is 459 g/mol. The molecule has 2 nitrogen and oxygen atoms in total. The van der Waals surface area contributed by atoms with Crippen molar-refractivity contribution in [3.8, 4) is 11.5 Å². The third-order valence-corrected chi connectivity index (χ3v) is 19.2. The van der Waals surface area contributed by atoms with Crippen LogP contribution in [0.3, 0.4) is 0 Å². The van der Waals surface area contributed by atoms with Gasteiger partial charge in [-0.05, 0) is 50.2 Å². The topological polar surface area (TPSA) is 18.5 Å². The van der Waals surface area contributed by atoms with Gasteiger partial charge in [0, 0.05) is 5.50 Å². The summed E-state index contributed by atoms with van der Waals surface area (Å²) < 4.78 is 11.4. The van der Waals surface area contributed by atoms with Crippen LogP contribution in [-0.2, 0) is 0 Å². The average Bonchev–Trinajstić information content (AvgIpc) is 2.75. The second-order valence-corrected chi connectivity index (χ2v) is 18.3. The molecule has 0 aliphatic rings. The molecule has 2 rings (SSSR count). The van der Waals surface area contributed by atoms with Crippen LogP contribution in [-0.4, -0.2) is 34.9 Å². The largest absolute Gasteiger partial charge is 0.494 e. The van der Waals surface area contributed by atoms with Crippen molar-refractivity contribution in [1.82, 2.24) is 0 Å². The highest BCUT2D eigenvalue weighted by Gasteiger charge is 2.43. The first-order valence-electron chi connectivity index (χ1n) is 10.7. The first-order chi connectivity index (χ1) is 14.5. The van der Waals surface area contributed by atoms with Crippen molar-refractivity contribution < 1.29 is 9.47 Å². The summed E-state index contributed by atoms with van der Waals surface area (Å²) in [4.78, 5) is 0. The fourth-order valence-electron chi connectivity index (χ4n) is 4.25. The van der Waals surface area contributed by atoms with Gasteiger partial charge in [-0.15, -0.1) is 24.8 Å². The zero-order valence-corrected chi connectivity index (χ0v) is 21.4. The third kappa shape index (κ3) is 5.90. The Morgan fingerprint density at radius 3 is 1.57 bits per heavy atom. The van der Waals surface area contributed by atoms with E-state index in [2.05, 4.69) is 80.4 Å². The Balaban J connectivity index is 2.62. The molecular formula is C25H35ClO2Si2. The molecule has 162 valence electrons. The predicted octanol–water partition coefficient (Wildman–Crippen LogP) is 5.81. The van der Waals surface area contributed by atoms with Crippen LogP contribution in [0.25, 0.3) is 0 Å². The Bertz CT molecular complexity index is 755. The summed E-state index contributed by atoms with van der Waals surface area (Å²) in [6, 6.07) is 19.4. The van der Waals surface area contributed by atoms with Crippen molar-refractivity contribution in [2.24, 2.45) is 0 Å². The minimum absolute atomic E-state index is 0.671. The van der Waals surface area contributed by atoms with Crippen molar-refractivity contribution in [1.29, 1.82) is 0 Å². The number of hydrogen-bond acceptors (Lipinski definition) is 2. The number of hydrogen-bond donors (Lipinski definition) is 0. The first-order valence-corrected chi connectivity index (χ1v) is 16.8. The molecule has 0 aliphatic carbocycles. The lowest BCUT2D eigenvalue weighted by Crippen LogP contribution is -2.62. The van der Waals surface area contributed by atoms with Crippen molar-refractivity contribution in [3.63, 3.8) is 0 Å². The quantitative estimate of drug-likeness (QED) is 0.214. The van der Waals surface area contributed by atoms with E-state index in [1.54, 1.807) is 0 Å². The Kier molecular flexibility index (Phi) is 9.47. The molecule has 2 aromatic carbocycles. The summed E-state index contributed by atoms with van der Waals surface area (Å²) in [6.45, 7) is 15.9. The molecule has 0 fully saturated rings. The molecule has 2 aromatic rings. The zero-order chi connectivity index (χ0) is 22.0. The molecule has 0 N–H and O–H groups in total. The maximum absolute atomic E-state index is 6.57. The molecule has 0 aliphatic heterocycles. The van der Waals surface area contributed by atoms with E-state index in [4.69, 9.17) is 21.1 Å². The molecule has 0 spiro atoms. The molecule has 1 unspecified atom stereocenters. The minimum Gasteiger partial charge on any atom is -0.494 e. The van der Waals surface area contributed by atoms with Crippen LogP contribution >= 0.6 is 11.6 Å². The molecular weight excluding hydrogens is 424 g/mol. The Hall–Kier alpha value is -1.76. The Labute approximate surface area is 189 Å². The summed E-state index contributed by atoms with van der Waals surface area (Å²) in [5.41, 5.74) is 1.89. The van der Waals surface area contributed by atoms with Gasteiger partial charge in [0.15, 0.2) is 0 Å². The lowest BCUT2D eigenvalue weighted by Gasteiger charge is -2.39. The number of alkyl halides is 1. The number of benzene rings is 2.